The number of benzene rings is 1. The molecule has 0 amide bonds. The number of likely N-dealkylation sites (tertiary alicyclic amines) is 1. The molecule has 0 aromatic heterocycles. The van der Waals surface area contributed by atoms with Crippen LogP contribution in [0.25, 0.3) is 0 Å². The molecule has 0 saturated carbocycles. The Bertz CT molecular complexity index is 505. The second-order valence-electron chi connectivity index (χ2n) is 6.01. The molecule has 2 aliphatic heterocycles. The lowest BCUT2D eigenvalue weighted by Gasteiger charge is -2.46. The summed E-state index contributed by atoms with van der Waals surface area (Å²) in [5, 5.41) is 0.702. The van der Waals surface area contributed by atoms with Crippen molar-refractivity contribution >= 4 is 23.6 Å². The highest BCUT2D eigenvalue weighted by molar-refractivity contribution is 6.31. The lowest BCUT2D eigenvalue weighted by atomic mass is 9.84. The monoisotopic (exact) mass is 292 g/mol. The van der Waals surface area contributed by atoms with Crippen LogP contribution in [-0.2, 0) is 0 Å². The Balaban J connectivity index is 1.82. The number of rotatable bonds is 2. The fraction of sp³-hybridized carbons (Fsp3) is 0.562. The molecule has 20 heavy (non-hydrogen) atoms. The van der Waals surface area contributed by atoms with Gasteiger partial charge in [-0.1, -0.05) is 11.6 Å². The maximum atomic E-state index is 11.2. The second-order valence-corrected chi connectivity index (χ2v) is 6.44. The molecule has 1 aromatic carbocycles. The molecule has 1 aromatic rings. The molecule has 3 nitrogen and oxygen atoms in total. The molecule has 0 spiro atoms. The van der Waals surface area contributed by atoms with E-state index in [0.29, 0.717) is 17.0 Å². The number of anilines is 1. The van der Waals surface area contributed by atoms with E-state index in [-0.39, 0.29) is 0 Å². The van der Waals surface area contributed by atoms with Gasteiger partial charge in [0.2, 0.25) is 0 Å². The molecular formula is C16H21ClN2O. The van der Waals surface area contributed by atoms with E-state index in [2.05, 4.69) is 16.8 Å². The normalized spacial score (nSPS) is 27.2. The van der Waals surface area contributed by atoms with Gasteiger partial charge >= 0.3 is 0 Å². The third kappa shape index (κ3) is 2.57. The average Bonchev–Trinajstić information content (AvgIpc) is 2.47. The predicted octanol–water partition coefficient (Wildman–Crippen LogP) is 3.07. The van der Waals surface area contributed by atoms with E-state index >= 15 is 0 Å². The van der Waals surface area contributed by atoms with Gasteiger partial charge in [-0.05, 0) is 57.0 Å². The van der Waals surface area contributed by atoms with Crippen molar-refractivity contribution in [3.63, 3.8) is 0 Å². The van der Waals surface area contributed by atoms with E-state index in [1.807, 2.05) is 12.1 Å². The molecule has 4 heteroatoms. The Hall–Kier alpha value is -1.06. The van der Waals surface area contributed by atoms with Gasteiger partial charge in [-0.25, -0.2) is 0 Å². The largest absolute Gasteiger partial charge is 0.371 e. The Morgan fingerprint density at radius 2 is 2.15 bits per heavy atom. The van der Waals surface area contributed by atoms with Crippen LogP contribution in [0, 0.1) is 5.92 Å². The number of aldehydes is 1. The molecule has 0 radical (unpaired) electrons. The summed E-state index contributed by atoms with van der Waals surface area (Å²) in [6.45, 7) is 3.26. The lowest BCUT2D eigenvalue weighted by molar-refractivity contribution is 0.102. The summed E-state index contributed by atoms with van der Waals surface area (Å²) in [6, 6.07) is 6.25. The second kappa shape index (κ2) is 5.74. The Morgan fingerprint density at radius 3 is 2.95 bits per heavy atom. The molecule has 2 aliphatic rings. The summed E-state index contributed by atoms with van der Waals surface area (Å²) >= 11 is 6.10. The molecule has 3 rings (SSSR count). The van der Waals surface area contributed by atoms with Crippen LogP contribution in [0.1, 0.15) is 29.6 Å². The first-order chi connectivity index (χ1) is 9.69. The van der Waals surface area contributed by atoms with Crippen molar-refractivity contribution < 1.29 is 4.79 Å². The number of halogens is 1. The minimum atomic E-state index is 0.702. The van der Waals surface area contributed by atoms with E-state index in [4.69, 9.17) is 11.6 Å². The minimum Gasteiger partial charge on any atom is -0.371 e. The van der Waals surface area contributed by atoms with Gasteiger partial charge in [0, 0.05) is 35.4 Å². The third-order valence-corrected chi connectivity index (χ3v) is 5.04. The number of carbonyl (C=O) groups is 1. The number of piperidine rings is 2. The van der Waals surface area contributed by atoms with E-state index in [9.17, 15) is 4.79 Å². The summed E-state index contributed by atoms with van der Waals surface area (Å²) < 4.78 is 0. The van der Waals surface area contributed by atoms with E-state index in [1.54, 1.807) is 6.07 Å². The van der Waals surface area contributed by atoms with Crippen molar-refractivity contribution in [2.45, 2.75) is 25.3 Å². The molecule has 2 atom stereocenters. The van der Waals surface area contributed by atoms with Crippen LogP contribution in [0.15, 0.2) is 18.2 Å². The number of carbonyl (C=O) groups excluding carboxylic acids is 1. The van der Waals surface area contributed by atoms with Gasteiger partial charge in [0.1, 0.15) is 0 Å². The number of hydrogen-bond donors (Lipinski definition) is 0. The van der Waals surface area contributed by atoms with Crippen LogP contribution in [0.4, 0.5) is 5.69 Å². The van der Waals surface area contributed by atoms with Crippen molar-refractivity contribution in [1.29, 1.82) is 0 Å². The summed E-state index contributed by atoms with van der Waals surface area (Å²) in [7, 11) is 2.24. The zero-order valence-electron chi connectivity index (χ0n) is 11.9. The number of nitrogens with zero attached hydrogens (tertiary/aromatic N) is 2. The van der Waals surface area contributed by atoms with Crippen LogP contribution in [0.5, 0.6) is 0 Å². The van der Waals surface area contributed by atoms with Gasteiger partial charge in [0.15, 0.2) is 6.29 Å². The van der Waals surface area contributed by atoms with E-state index in [1.165, 1.54) is 25.8 Å². The Kier molecular flexibility index (Phi) is 3.99. The molecule has 0 bridgehead atoms. The highest BCUT2D eigenvalue weighted by atomic mass is 35.5. The van der Waals surface area contributed by atoms with E-state index < -0.39 is 0 Å². The molecule has 0 aliphatic carbocycles. The lowest BCUT2D eigenvalue weighted by Crippen LogP contribution is -2.52. The quantitative estimate of drug-likeness (QED) is 0.783. The highest BCUT2D eigenvalue weighted by Gasteiger charge is 2.34. The van der Waals surface area contributed by atoms with Gasteiger partial charge in [-0.2, -0.15) is 0 Å². The van der Waals surface area contributed by atoms with E-state index in [0.717, 1.165) is 30.6 Å². The molecule has 2 saturated heterocycles. The molecule has 0 N–H and O–H groups in total. The van der Waals surface area contributed by atoms with Gasteiger partial charge < -0.3 is 9.80 Å². The zero-order chi connectivity index (χ0) is 14.1. The Morgan fingerprint density at radius 1 is 1.30 bits per heavy atom. The average molecular weight is 293 g/mol. The predicted molar refractivity (Wildman–Crippen MR) is 82.8 cm³/mol. The summed E-state index contributed by atoms with van der Waals surface area (Å²) in [6.07, 6.45) is 4.68. The van der Waals surface area contributed by atoms with Gasteiger partial charge in [0.05, 0.1) is 0 Å². The zero-order valence-corrected chi connectivity index (χ0v) is 12.6. The molecular weight excluding hydrogens is 272 g/mol. The summed E-state index contributed by atoms with van der Waals surface area (Å²) in [5.74, 6) is 0.709. The topological polar surface area (TPSA) is 23.6 Å². The molecule has 108 valence electrons. The van der Waals surface area contributed by atoms with Crippen LogP contribution >= 0.6 is 11.6 Å². The van der Waals surface area contributed by atoms with Crippen molar-refractivity contribution in [2.75, 3.05) is 31.6 Å². The maximum absolute atomic E-state index is 11.2. The van der Waals surface area contributed by atoms with Crippen LogP contribution in [-0.4, -0.2) is 43.9 Å². The molecule has 2 unspecified atom stereocenters. The number of hydrogen-bond acceptors (Lipinski definition) is 3. The first kappa shape index (κ1) is 13.9. The number of fused-ring (bicyclic) bond motifs is 1. The van der Waals surface area contributed by atoms with Gasteiger partial charge in [0.25, 0.3) is 0 Å². The first-order valence-corrected chi connectivity index (χ1v) is 7.77. The Labute approximate surface area is 125 Å². The summed E-state index contributed by atoms with van der Waals surface area (Å²) in [5.41, 5.74) is 1.75. The van der Waals surface area contributed by atoms with Crippen molar-refractivity contribution in [3.05, 3.63) is 28.8 Å². The van der Waals surface area contributed by atoms with Gasteiger partial charge in [-0.3, -0.25) is 4.79 Å². The summed E-state index contributed by atoms with van der Waals surface area (Å²) in [4.78, 5) is 16.1. The van der Waals surface area contributed by atoms with Crippen molar-refractivity contribution in [1.82, 2.24) is 4.90 Å². The van der Waals surface area contributed by atoms with Gasteiger partial charge in [-0.15, -0.1) is 0 Å². The van der Waals surface area contributed by atoms with Crippen LogP contribution in [0.2, 0.25) is 5.02 Å². The minimum absolute atomic E-state index is 0.702. The smallest absolute Gasteiger partial charge is 0.152 e. The highest BCUT2D eigenvalue weighted by Crippen LogP contribution is 2.33. The fourth-order valence-electron chi connectivity index (χ4n) is 3.76. The molecule has 2 heterocycles. The van der Waals surface area contributed by atoms with Crippen molar-refractivity contribution in [3.8, 4) is 0 Å². The van der Waals surface area contributed by atoms with Crippen LogP contribution in [0.3, 0.4) is 0 Å². The van der Waals surface area contributed by atoms with Crippen molar-refractivity contribution in [2.24, 2.45) is 5.92 Å². The maximum Gasteiger partial charge on any atom is 0.152 e. The van der Waals surface area contributed by atoms with Crippen LogP contribution < -0.4 is 4.90 Å². The molecule has 2 fully saturated rings. The SMILES string of the molecule is CN1CCCC2CN(c3cc(Cl)ccc3C=O)CCC21. The standard InChI is InChI=1S/C16H21ClN2O/c1-18-7-2-3-12-10-19(8-6-15(12)18)16-9-14(17)5-4-13(16)11-20/h4-5,9,11-12,15H,2-3,6-8,10H2,1H3. The third-order valence-electron chi connectivity index (χ3n) is 4.81. The fourth-order valence-corrected chi connectivity index (χ4v) is 3.93. The first-order valence-electron chi connectivity index (χ1n) is 7.39.